The van der Waals surface area contributed by atoms with Crippen LogP contribution < -0.4 is 10.0 Å². The molecule has 1 fully saturated rings. The Morgan fingerprint density at radius 1 is 1.25 bits per heavy atom. The highest BCUT2D eigenvalue weighted by Gasteiger charge is 2.16. The van der Waals surface area contributed by atoms with E-state index in [0.717, 1.165) is 26.2 Å². The third-order valence-electron chi connectivity index (χ3n) is 3.72. The summed E-state index contributed by atoms with van der Waals surface area (Å²) in [5.41, 5.74) is 0.437. The molecule has 0 atom stereocenters. The molecule has 0 saturated carbocycles. The zero-order valence-electron chi connectivity index (χ0n) is 13.7. The molecule has 2 rings (SSSR count). The molecule has 1 heterocycles. The number of carbonyl (C=O) groups excluding carboxylic acids is 1. The maximum Gasteiger partial charge on any atom is 0.240 e. The maximum atomic E-state index is 12.3. The molecular weight excluding hydrogens is 373 g/mol. The van der Waals surface area contributed by atoms with E-state index in [4.69, 9.17) is 0 Å². The summed E-state index contributed by atoms with van der Waals surface area (Å²) in [4.78, 5) is 14.0. The molecule has 1 aliphatic heterocycles. The Morgan fingerprint density at radius 2 is 1.92 bits per heavy atom. The van der Waals surface area contributed by atoms with Crippen LogP contribution in [0.15, 0.2) is 29.2 Å². The normalized spacial score (nSPS) is 15.2. The summed E-state index contributed by atoms with van der Waals surface area (Å²) in [6.45, 7) is 6.56. The fraction of sp³-hybridized carbons (Fsp3) is 0.533. The third-order valence-corrected chi connectivity index (χ3v) is 5.18. The van der Waals surface area contributed by atoms with Crippen molar-refractivity contribution in [3.05, 3.63) is 29.8 Å². The molecule has 1 saturated heterocycles. The first kappa shape index (κ1) is 23.3. The van der Waals surface area contributed by atoms with Crippen LogP contribution in [-0.4, -0.2) is 58.4 Å². The van der Waals surface area contributed by atoms with Gasteiger partial charge in [-0.3, -0.25) is 9.69 Å². The van der Waals surface area contributed by atoms with E-state index in [-0.39, 0.29) is 35.5 Å². The minimum atomic E-state index is -3.57. The Bertz CT molecular complexity index is 620. The lowest BCUT2D eigenvalue weighted by Gasteiger charge is -2.27. The molecule has 1 aromatic carbocycles. The van der Waals surface area contributed by atoms with E-state index < -0.39 is 10.0 Å². The lowest BCUT2D eigenvalue weighted by Crippen LogP contribution is -2.46. The summed E-state index contributed by atoms with van der Waals surface area (Å²) in [6.07, 6.45) is 0.361. The van der Waals surface area contributed by atoms with Gasteiger partial charge in [-0.15, -0.1) is 24.8 Å². The van der Waals surface area contributed by atoms with Crippen LogP contribution in [0.1, 0.15) is 23.7 Å². The van der Waals surface area contributed by atoms with Crippen molar-refractivity contribution in [2.75, 3.05) is 39.3 Å². The van der Waals surface area contributed by atoms with E-state index in [9.17, 15) is 13.2 Å². The van der Waals surface area contributed by atoms with Gasteiger partial charge in [-0.25, -0.2) is 13.1 Å². The Balaban J connectivity index is 0.00000264. The lowest BCUT2D eigenvalue weighted by molar-refractivity contribution is 0.0988. The van der Waals surface area contributed by atoms with Crippen LogP contribution in [0.4, 0.5) is 0 Å². The van der Waals surface area contributed by atoms with Gasteiger partial charge in [0.25, 0.3) is 0 Å². The van der Waals surface area contributed by atoms with E-state index in [1.54, 1.807) is 19.1 Å². The molecule has 1 aromatic rings. The predicted octanol–water partition coefficient (Wildman–Crippen LogP) is 1.31. The van der Waals surface area contributed by atoms with Crippen LogP contribution in [0.5, 0.6) is 0 Å². The minimum Gasteiger partial charge on any atom is -0.314 e. The first-order valence-electron chi connectivity index (χ1n) is 7.59. The van der Waals surface area contributed by atoms with E-state index in [0.29, 0.717) is 25.1 Å². The number of benzene rings is 1. The van der Waals surface area contributed by atoms with Crippen molar-refractivity contribution >= 4 is 40.6 Å². The zero-order valence-corrected chi connectivity index (χ0v) is 16.1. The van der Waals surface area contributed by atoms with Crippen molar-refractivity contribution in [3.63, 3.8) is 0 Å². The van der Waals surface area contributed by atoms with E-state index in [1.807, 2.05) is 0 Å². The highest BCUT2D eigenvalue weighted by molar-refractivity contribution is 7.89. The molecule has 0 radical (unpaired) electrons. The van der Waals surface area contributed by atoms with Crippen molar-refractivity contribution in [1.82, 2.24) is 14.9 Å². The fourth-order valence-electron chi connectivity index (χ4n) is 2.40. The maximum absolute atomic E-state index is 12.3. The third kappa shape index (κ3) is 6.66. The largest absolute Gasteiger partial charge is 0.314 e. The van der Waals surface area contributed by atoms with Crippen LogP contribution >= 0.6 is 24.8 Å². The average molecular weight is 398 g/mol. The lowest BCUT2D eigenvalue weighted by atomic mass is 10.1. The number of halogens is 2. The van der Waals surface area contributed by atoms with Gasteiger partial charge in [-0.2, -0.15) is 0 Å². The summed E-state index contributed by atoms with van der Waals surface area (Å²) in [7, 11) is -3.57. The van der Waals surface area contributed by atoms with Crippen LogP contribution in [0, 0.1) is 0 Å². The van der Waals surface area contributed by atoms with Crippen molar-refractivity contribution in [1.29, 1.82) is 0 Å². The van der Waals surface area contributed by atoms with Gasteiger partial charge in [-0.1, -0.05) is 19.1 Å². The molecule has 6 nitrogen and oxygen atoms in total. The Kier molecular flexibility index (Phi) is 10.7. The molecule has 0 aliphatic carbocycles. The van der Waals surface area contributed by atoms with Crippen LogP contribution in [-0.2, 0) is 10.0 Å². The van der Waals surface area contributed by atoms with Crippen molar-refractivity contribution in [2.45, 2.75) is 18.2 Å². The Labute approximate surface area is 156 Å². The summed E-state index contributed by atoms with van der Waals surface area (Å²) in [6, 6.07) is 6.21. The van der Waals surface area contributed by atoms with Gasteiger partial charge < -0.3 is 5.32 Å². The molecule has 1 aliphatic rings. The number of piperazine rings is 1. The van der Waals surface area contributed by atoms with E-state index in [1.165, 1.54) is 12.1 Å². The van der Waals surface area contributed by atoms with Gasteiger partial charge in [-0.05, 0) is 12.1 Å². The smallest absolute Gasteiger partial charge is 0.240 e. The number of nitrogens with one attached hydrogen (secondary N) is 2. The Morgan fingerprint density at radius 3 is 2.54 bits per heavy atom. The van der Waals surface area contributed by atoms with Crippen molar-refractivity contribution in [3.8, 4) is 0 Å². The van der Waals surface area contributed by atoms with Crippen LogP contribution in [0.3, 0.4) is 0 Å². The summed E-state index contributed by atoms with van der Waals surface area (Å²) in [5.74, 6) is -0.0575. The summed E-state index contributed by atoms with van der Waals surface area (Å²) < 4.78 is 27.2. The van der Waals surface area contributed by atoms with Gasteiger partial charge in [0.15, 0.2) is 5.78 Å². The monoisotopic (exact) mass is 397 g/mol. The number of hydrogen-bond donors (Lipinski definition) is 2. The van der Waals surface area contributed by atoms with Gasteiger partial charge in [0.1, 0.15) is 0 Å². The molecule has 2 N–H and O–H groups in total. The first-order chi connectivity index (χ1) is 10.5. The number of nitrogens with zero attached hydrogens (tertiary/aromatic N) is 1. The number of rotatable bonds is 7. The molecule has 9 heteroatoms. The van der Waals surface area contributed by atoms with Crippen molar-refractivity contribution in [2.24, 2.45) is 0 Å². The van der Waals surface area contributed by atoms with Crippen molar-refractivity contribution < 1.29 is 13.2 Å². The fourth-order valence-corrected chi connectivity index (χ4v) is 3.46. The molecule has 0 aromatic heterocycles. The number of ketones is 1. The molecule has 138 valence electrons. The molecule has 0 amide bonds. The highest BCUT2D eigenvalue weighted by atomic mass is 35.5. The second-order valence-corrected chi connectivity index (χ2v) is 7.06. The molecule has 0 spiro atoms. The molecule has 24 heavy (non-hydrogen) atoms. The first-order valence-corrected chi connectivity index (χ1v) is 9.07. The standard InChI is InChI=1S/C15H23N3O3S.2ClH/c1-2-15(19)13-4-3-5-14(12-13)22(20,21)17-8-11-18-9-6-16-7-10-18;;/h3-5,12,16-17H,2,6-11H2,1H3;2*1H. The Hall–Kier alpha value is -0.700. The topological polar surface area (TPSA) is 78.5 Å². The summed E-state index contributed by atoms with van der Waals surface area (Å²) in [5, 5.41) is 3.26. The highest BCUT2D eigenvalue weighted by Crippen LogP contribution is 2.12. The van der Waals surface area contributed by atoms with Crippen LogP contribution in [0.2, 0.25) is 0 Å². The average Bonchev–Trinajstić information content (AvgIpc) is 2.55. The van der Waals surface area contributed by atoms with E-state index in [2.05, 4.69) is 14.9 Å². The minimum absolute atomic E-state index is 0. The molecular formula is C15H25Cl2N3O3S. The quantitative estimate of drug-likeness (QED) is 0.678. The second kappa shape index (κ2) is 11.0. The molecule has 0 unspecified atom stereocenters. The van der Waals surface area contributed by atoms with Gasteiger partial charge >= 0.3 is 0 Å². The molecule has 0 bridgehead atoms. The number of Topliss-reactive ketones (excluding diaryl/α,β-unsaturated/α-hetero) is 1. The second-order valence-electron chi connectivity index (χ2n) is 5.29. The van der Waals surface area contributed by atoms with Gasteiger partial charge in [0.2, 0.25) is 10.0 Å². The number of carbonyl (C=O) groups is 1. The number of sulfonamides is 1. The van der Waals surface area contributed by atoms with Crippen LogP contribution in [0.25, 0.3) is 0 Å². The predicted molar refractivity (Wildman–Crippen MR) is 100 cm³/mol. The van der Waals surface area contributed by atoms with Gasteiger partial charge in [0.05, 0.1) is 4.90 Å². The number of hydrogen-bond acceptors (Lipinski definition) is 5. The summed E-state index contributed by atoms with van der Waals surface area (Å²) >= 11 is 0. The SMILES string of the molecule is CCC(=O)c1cccc(S(=O)(=O)NCCN2CCNCC2)c1.Cl.Cl. The van der Waals surface area contributed by atoms with E-state index >= 15 is 0 Å². The zero-order chi connectivity index (χ0) is 16.0. The van der Waals surface area contributed by atoms with Gasteiger partial charge in [0, 0.05) is 51.3 Å².